The van der Waals surface area contributed by atoms with Gasteiger partial charge in [-0.05, 0) is 50.6 Å². The number of carbonyl (C=O) groups excluding carboxylic acids is 1. The maximum absolute atomic E-state index is 14.0. The van der Waals surface area contributed by atoms with Crippen molar-refractivity contribution < 1.29 is 23.4 Å². The Balaban J connectivity index is 1.69. The summed E-state index contributed by atoms with van der Waals surface area (Å²) in [6, 6.07) is 9.59. The van der Waals surface area contributed by atoms with Crippen LogP contribution in [0.5, 0.6) is 5.75 Å². The van der Waals surface area contributed by atoms with E-state index in [1.807, 2.05) is 19.1 Å². The SMILES string of the molecule is Cc1cc(-n2ncc(F)c2C)c2cccc(OCc3c(Cl)cc(F)cc3CNC(=O)C(C)O)c2n1. The second-order valence-electron chi connectivity index (χ2n) is 8.13. The summed E-state index contributed by atoms with van der Waals surface area (Å²) in [6.07, 6.45) is -0.0455. The number of aliphatic hydroxyl groups excluding tert-OH is 1. The van der Waals surface area contributed by atoms with Crippen molar-refractivity contribution in [3.05, 3.63) is 81.8 Å². The molecule has 2 aromatic heterocycles. The molecule has 7 nitrogen and oxygen atoms in total. The Bertz CT molecular complexity index is 1420. The van der Waals surface area contributed by atoms with E-state index in [9.17, 15) is 18.7 Å². The Kier molecular flexibility index (Phi) is 7.00. The number of pyridine rings is 1. The molecule has 0 fully saturated rings. The van der Waals surface area contributed by atoms with Gasteiger partial charge in [0.05, 0.1) is 22.6 Å². The summed E-state index contributed by atoms with van der Waals surface area (Å²) in [5, 5.41) is 16.9. The van der Waals surface area contributed by atoms with Crippen molar-refractivity contribution in [1.29, 1.82) is 0 Å². The smallest absolute Gasteiger partial charge is 0.248 e. The van der Waals surface area contributed by atoms with Gasteiger partial charge in [-0.25, -0.2) is 18.4 Å². The molecule has 0 aliphatic carbocycles. The summed E-state index contributed by atoms with van der Waals surface area (Å²) in [7, 11) is 0. The lowest BCUT2D eigenvalue weighted by Gasteiger charge is -2.16. The normalized spacial score (nSPS) is 12.1. The van der Waals surface area contributed by atoms with E-state index in [0.29, 0.717) is 44.9 Å². The number of carbonyl (C=O) groups is 1. The summed E-state index contributed by atoms with van der Waals surface area (Å²) >= 11 is 6.30. The first-order valence-electron chi connectivity index (χ1n) is 10.8. The number of para-hydroxylation sites is 1. The molecule has 0 saturated heterocycles. The van der Waals surface area contributed by atoms with Crippen molar-refractivity contribution >= 4 is 28.4 Å². The highest BCUT2D eigenvalue weighted by Crippen LogP contribution is 2.31. The number of amides is 1. The summed E-state index contributed by atoms with van der Waals surface area (Å²) in [5.41, 5.74) is 3.14. The summed E-state index contributed by atoms with van der Waals surface area (Å²) in [5.74, 6) is -1.13. The van der Waals surface area contributed by atoms with E-state index in [1.54, 1.807) is 19.1 Å². The molecule has 0 aliphatic heterocycles. The third-order valence-electron chi connectivity index (χ3n) is 5.54. The Labute approximate surface area is 205 Å². The minimum Gasteiger partial charge on any atom is -0.487 e. The Morgan fingerprint density at radius 1 is 1.26 bits per heavy atom. The van der Waals surface area contributed by atoms with E-state index in [0.717, 1.165) is 6.20 Å². The third kappa shape index (κ3) is 5.11. The number of aryl methyl sites for hydroxylation is 1. The van der Waals surface area contributed by atoms with Gasteiger partial charge in [0.2, 0.25) is 5.91 Å². The first-order chi connectivity index (χ1) is 16.7. The van der Waals surface area contributed by atoms with Gasteiger partial charge in [-0.2, -0.15) is 5.10 Å². The van der Waals surface area contributed by atoms with Crippen LogP contribution in [-0.4, -0.2) is 31.9 Å². The third-order valence-corrected chi connectivity index (χ3v) is 5.88. The van der Waals surface area contributed by atoms with Crippen LogP contribution in [0.1, 0.15) is 29.4 Å². The second kappa shape index (κ2) is 9.97. The van der Waals surface area contributed by atoms with Gasteiger partial charge in [0, 0.05) is 23.2 Å². The lowest BCUT2D eigenvalue weighted by Crippen LogP contribution is -2.32. The number of rotatable bonds is 7. The highest BCUT2D eigenvalue weighted by molar-refractivity contribution is 6.31. The van der Waals surface area contributed by atoms with Crippen LogP contribution in [0.3, 0.4) is 0 Å². The van der Waals surface area contributed by atoms with Gasteiger partial charge in [-0.3, -0.25) is 4.79 Å². The number of aliphatic hydroxyl groups is 1. The molecule has 35 heavy (non-hydrogen) atoms. The average molecular weight is 501 g/mol. The van der Waals surface area contributed by atoms with Gasteiger partial charge in [-0.1, -0.05) is 23.7 Å². The van der Waals surface area contributed by atoms with Crippen molar-refractivity contribution in [1.82, 2.24) is 20.1 Å². The maximum Gasteiger partial charge on any atom is 0.248 e. The monoisotopic (exact) mass is 500 g/mol. The number of nitrogens with zero attached hydrogens (tertiary/aromatic N) is 3. The number of ether oxygens (including phenoxy) is 1. The molecule has 4 aromatic rings. The van der Waals surface area contributed by atoms with Crippen LogP contribution in [-0.2, 0) is 17.9 Å². The van der Waals surface area contributed by atoms with E-state index < -0.39 is 23.6 Å². The molecule has 2 aromatic carbocycles. The summed E-state index contributed by atoms with van der Waals surface area (Å²) in [4.78, 5) is 16.4. The second-order valence-corrected chi connectivity index (χ2v) is 8.54. The molecule has 1 amide bonds. The fourth-order valence-corrected chi connectivity index (χ4v) is 3.99. The number of hydrogen-bond acceptors (Lipinski definition) is 5. The maximum atomic E-state index is 14.0. The van der Waals surface area contributed by atoms with Crippen LogP contribution in [0, 0.1) is 25.5 Å². The predicted molar refractivity (Wildman–Crippen MR) is 128 cm³/mol. The average Bonchev–Trinajstić information content (AvgIpc) is 3.14. The molecule has 0 radical (unpaired) electrons. The van der Waals surface area contributed by atoms with Crippen LogP contribution in [0.2, 0.25) is 5.02 Å². The molecular formula is C25H23ClF2N4O3. The Morgan fingerprint density at radius 2 is 2.03 bits per heavy atom. The van der Waals surface area contributed by atoms with Gasteiger partial charge in [-0.15, -0.1) is 0 Å². The minimum atomic E-state index is -1.20. The van der Waals surface area contributed by atoms with Gasteiger partial charge in [0.1, 0.15) is 29.8 Å². The predicted octanol–water partition coefficient (Wildman–Crippen LogP) is 4.54. The number of hydrogen-bond donors (Lipinski definition) is 2. The number of aromatic nitrogens is 3. The lowest BCUT2D eigenvalue weighted by atomic mass is 10.1. The van der Waals surface area contributed by atoms with Crippen molar-refractivity contribution in [2.24, 2.45) is 0 Å². The van der Waals surface area contributed by atoms with E-state index in [-0.39, 0.29) is 18.2 Å². The molecule has 2 N–H and O–H groups in total. The quantitative estimate of drug-likeness (QED) is 0.389. The molecule has 0 saturated carbocycles. The van der Waals surface area contributed by atoms with Crippen LogP contribution in [0.15, 0.2) is 42.6 Å². The van der Waals surface area contributed by atoms with E-state index in [4.69, 9.17) is 16.3 Å². The van der Waals surface area contributed by atoms with Crippen molar-refractivity contribution in [2.75, 3.05) is 0 Å². The summed E-state index contributed by atoms with van der Waals surface area (Å²) < 4.78 is 35.6. The molecule has 2 heterocycles. The lowest BCUT2D eigenvalue weighted by molar-refractivity contribution is -0.128. The molecule has 4 rings (SSSR count). The topological polar surface area (TPSA) is 89.3 Å². The first kappa shape index (κ1) is 24.6. The fourth-order valence-electron chi connectivity index (χ4n) is 3.71. The van der Waals surface area contributed by atoms with Crippen LogP contribution >= 0.6 is 11.6 Å². The number of fused-ring (bicyclic) bond motifs is 1. The largest absolute Gasteiger partial charge is 0.487 e. The van der Waals surface area contributed by atoms with E-state index >= 15 is 0 Å². The van der Waals surface area contributed by atoms with Crippen LogP contribution in [0.4, 0.5) is 8.78 Å². The molecule has 0 spiro atoms. The van der Waals surface area contributed by atoms with Gasteiger partial charge in [0.25, 0.3) is 0 Å². The Hall–Kier alpha value is -3.56. The molecule has 1 atom stereocenters. The highest BCUT2D eigenvalue weighted by atomic mass is 35.5. The van der Waals surface area contributed by atoms with Gasteiger partial charge >= 0.3 is 0 Å². The number of nitrogens with one attached hydrogen (secondary N) is 1. The van der Waals surface area contributed by atoms with Gasteiger partial charge < -0.3 is 15.2 Å². The molecule has 0 aliphatic rings. The molecular weight excluding hydrogens is 478 g/mol. The highest BCUT2D eigenvalue weighted by Gasteiger charge is 2.17. The van der Waals surface area contributed by atoms with Crippen LogP contribution in [0.25, 0.3) is 16.6 Å². The number of benzene rings is 2. The summed E-state index contributed by atoms with van der Waals surface area (Å²) in [6.45, 7) is 4.72. The van der Waals surface area contributed by atoms with Crippen molar-refractivity contribution in [3.63, 3.8) is 0 Å². The van der Waals surface area contributed by atoms with Gasteiger partial charge in [0.15, 0.2) is 5.82 Å². The zero-order valence-corrected chi connectivity index (χ0v) is 20.0. The van der Waals surface area contributed by atoms with E-state index in [1.165, 1.54) is 23.7 Å². The van der Waals surface area contributed by atoms with Crippen molar-refractivity contribution in [3.8, 4) is 11.4 Å². The molecule has 0 bridgehead atoms. The molecule has 10 heteroatoms. The van der Waals surface area contributed by atoms with Crippen molar-refractivity contribution in [2.45, 2.75) is 40.0 Å². The zero-order chi connectivity index (χ0) is 25.3. The Morgan fingerprint density at radius 3 is 2.71 bits per heavy atom. The molecule has 1 unspecified atom stereocenters. The standard InChI is InChI=1S/C25H23ClF2N4O3/c1-13-7-22(32-14(2)21(28)11-30-32)18-5-4-6-23(24(18)31-13)35-12-19-16(8-17(27)9-20(19)26)10-29-25(34)15(3)33/h4-9,11,15,33H,10,12H2,1-3H3,(H,29,34). The fraction of sp³-hybridized carbons (Fsp3) is 0.240. The minimum absolute atomic E-state index is 0.0293. The zero-order valence-electron chi connectivity index (χ0n) is 19.3. The number of halogens is 3. The van der Waals surface area contributed by atoms with E-state index in [2.05, 4.69) is 15.4 Å². The first-order valence-corrected chi connectivity index (χ1v) is 11.2. The molecule has 182 valence electrons. The van der Waals surface area contributed by atoms with Crippen LogP contribution < -0.4 is 10.1 Å².